The van der Waals surface area contributed by atoms with Gasteiger partial charge in [-0.25, -0.2) is 0 Å². The van der Waals surface area contributed by atoms with Crippen LogP contribution in [-0.4, -0.2) is 42.5 Å². The Balaban J connectivity index is 1.39. The minimum absolute atomic E-state index is 0.455. The lowest BCUT2D eigenvalue weighted by Gasteiger charge is -2.25. The third-order valence-corrected chi connectivity index (χ3v) is 4.14. The third-order valence-electron chi connectivity index (χ3n) is 4.14. The van der Waals surface area contributed by atoms with E-state index in [1.807, 2.05) is 24.3 Å². The van der Waals surface area contributed by atoms with Crippen LogP contribution in [0.1, 0.15) is 18.4 Å². The highest BCUT2D eigenvalue weighted by Crippen LogP contribution is 2.22. The van der Waals surface area contributed by atoms with Crippen molar-refractivity contribution in [3.05, 3.63) is 48.2 Å². The molecular formula is C18H21N5O. The van der Waals surface area contributed by atoms with Crippen LogP contribution in [0.4, 0.5) is 5.82 Å². The van der Waals surface area contributed by atoms with Crippen LogP contribution >= 0.6 is 0 Å². The van der Waals surface area contributed by atoms with Crippen molar-refractivity contribution < 1.29 is 4.74 Å². The minimum Gasteiger partial charge on any atom is -0.492 e. The number of anilines is 1. The van der Waals surface area contributed by atoms with E-state index < -0.39 is 0 Å². The first-order chi connectivity index (χ1) is 11.9. The van der Waals surface area contributed by atoms with E-state index in [4.69, 9.17) is 10.00 Å². The standard InChI is InChI=1S/C18H21N5O/c19-13-15-5-7-17(8-6-15)24-12-10-20-14-16-3-2-11-23(16)18-4-1-9-21-22-18/h1,4-9,16,20H,2-3,10-12,14H2. The molecule has 1 fully saturated rings. The first-order valence-corrected chi connectivity index (χ1v) is 8.25. The van der Waals surface area contributed by atoms with Crippen molar-refractivity contribution in [2.75, 3.05) is 31.1 Å². The van der Waals surface area contributed by atoms with Crippen molar-refractivity contribution in [2.24, 2.45) is 0 Å². The molecule has 3 rings (SSSR count). The Morgan fingerprint density at radius 2 is 2.17 bits per heavy atom. The Morgan fingerprint density at radius 3 is 2.92 bits per heavy atom. The molecule has 1 aliphatic rings. The maximum Gasteiger partial charge on any atom is 0.151 e. The molecule has 0 radical (unpaired) electrons. The molecule has 2 aromatic rings. The number of nitrogens with one attached hydrogen (secondary N) is 1. The van der Waals surface area contributed by atoms with Crippen LogP contribution in [0.25, 0.3) is 0 Å². The summed E-state index contributed by atoms with van der Waals surface area (Å²) in [6, 6.07) is 13.7. The summed E-state index contributed by atoms with van der Waals surface area (Å²) < 4.78 is 5.67. The second kappa shape index (κ2) is 8.27. The molecule has 0 aliphatic carbocycles. The van der Waals surface area contributed by atoms with Gasteiger partial charge in [-0.15, -0.1) is 5.10 Å². The molecular weight excluding hydrogens is 302 g/mol. The fourth-order valence-electron chi connectivity index (χ4n) is 2.93. The summed E-state index contributed by atoms with van der Waals surface area (Å²) in [5.41, 5.74) is 0.644. The number of ether oxygens (including phenoxy) is 1. The average molecular weight is 323 g/mol. The van der Waals surface area contributed by atoms with E-state index in [9.17, 15) is 0 Å². The van der Waals surface area contributed by atoms with E-state index in [1.165, 1.54) is 12.8 Å². The number of nitriles is 1. The number of hydrogen-bond donors (Lipinski definition) is 1. The predicted molar refractivity (Wildman–Crippen MR) is 91.9 cm³/mol. The van der Waals surface area contributed by atoms with E-state index in [0.717, 1.165) is 31.2 Å². The molecule has 0 saturated carbocycles. The van der Waals surface area contributed by atoms with Crippen molar-refractivity contribution in [3.8, 4) is 11.8 Å². The monoisotopic (exact) mass is 323 g/mol. The quantitative estimate of drug-likeness (QED) is 0.786. The van der Waals surface area contributed by atoms with Crippen molar-refractivity contribution >= 4 is 5.82 Å². The predicted octanol–water partition coefficient (Wildman–Crippen LogP) is 1.99. The van der Waals surface area contributed by atoms with E-state index in [0.29, 0.717) is 18.2 Å². The molecule has 1 N–H and O–H groups in total. The van der Waals surface area contributed by atoms with Crippen LogP contribution in [0.15, 0.2) is 42.6 Å². The Labute approximate surface area is 142 Å². The first-order valence-electron chi connectivity index (χ1n) is 8.25. The Morgan fingerprint density at radius 1 is 1.29 bits per heavy atom. The van der Waals surface area contributed by atoms with Gasteiger partial charge in [-0.2, -0.15) is 10.4 Å². The van der Waals surface area contributed by atoms with Gasteiger partial charge >= 0.3 is 0 Å². The number of rotatable bonds is 7. The molecule has 24 heavy (non-hydrogen) atoms. The number of nitrogens with zero attached hydrogens (tertiary/aromatic N) is 4. The summed E-state index contributed by atoms with van der Waals surface area (Å²) in [5.74, 6) is 1.74. The van der Waals surface area contributed by atoms with Crippen LogP contribution in [0, 0.1) is 11.3 Å². The van der Waals surface area contributed by atoms with Gasteiger partial charge in [0.1, 0.15) is 12.4 Å². The van der Waals surface area contributed by atoms with Gasteiger partial charge in [0.2, 0.25) is 0 Å². The fraction of sp³-hybridized carbons (Fsp3) is 0.389. The van der Waals surface area contributed by atoms with Gasteiger partial charge in [0.25, 0.3) is 0 Å². The summed E-state index contributed by atoms with van der Waals surface area (Å²) in [7, 11) is 0. The topological polar surface area (TPSA) is 74.1 Å². The highest BCUT2D eigenvalue weighted by Gasteiger charge is 2.25. The second-order valence-electron chi connectivity index (χ2n) is 5.76. The van der Waals surface area contributed by atoms with Gasteiger partial charge in [0.05, 0.1) is 11.6 Å². The average Bonchev–Trinajstić information content (AvgIpc) is 3.11. The molecule has 1 atom stereocenters. The van der Waals surface area contributed by atoms with E-state index in [-0.39, 0.29) is 0 Å². The van der Waals surface area contributed by atoms with Crippen LogP contribution in [-0.2, 0) is 0 Å². The highest BCUT2D eigenvalue weighted by atomic mass is 16.5. The maximum absolute atomic E-state index is 8.77. The van der Waals surface area contributed by atoms with Crippen molar-refractivity contribution in [3.63, 3.8) is 0 Å². The highest BCUT2D eigenvalue weighted by molar-refractivity contribution is 5.39. The van der Waals surface area contributed by atoms with Crippen LogP contribution in [0.2, 0.25) is 0 Å². The zero-order valence-electron chi connectivity index (χ0n) is 13.6. The molecule has 1 saturated heterocycles. The molecule has 6 heteroatoms. The SMILES string of the molecule is N#Cc1ccc(OCCNCC2CCCN2c2cccnn2)cc1. The molecule has 0 bridgehead atoms. The van der Waals surface area contributed by atoms with Crippen molar-refractivity contribution in [2.45, 2.75) is 18.9 Å². The van der Waals surface area contributed by atoms with Crippen LogP contribution in [0.5, 0.6) is 5.75 Å². The van der Waals surface area contributed by atoms with E-state index in [2.05, 4.69) is 26.5 Å². The normalized spacial score (nSPS) is 16.8. The maximum atomic E-state index is 8.77. The Kier molecular flexibility index (Phi) is 5.59. The molecule has 2 heterocycles. The molecule has 1 unspecified atom stereocenters. The van der Waals surface area contributed by atoms with Gasteiger partial charge in [0, 0.05) is 31.9 Å². The van der Waals surface area contributed by atoms with Crippen LogP contribution < -0.4 is 15.0 Å². The van der Waals surface area contributed by atoms with E-state index in [1.54, 1.807) is 18.3 Å². The second-order valence-corrected chi connectivity index (χ2v) is 5.76. The minimum atomic E-state index is 0.455. The van der Waals surface area contributed by atoms with Gasteiger partial charge < -0.3 is 15.0 Å². The summed E-state index contributed by atoms with van der Waals surface area (Å²) >= 11 is 0. The van der Waals surface area contributed by atoms with Crippen molar-refractivity contribution in [1.82, 2.24) is 15.5 Å². The van der Waals surface area contributed by atoms with Gasteiger partial charge in [-0.3, -0.25) is 0 Å². The first kappa shape index (κ1) is 16.2. The Hall–Kier alpha value is -2.65. The Bertz CT molecular complexity index is 668. The molecule has 0 amide bonds. The third kappa shape index (κ3) is 4.21. The van der Waals surface area contributed by atoms with Crippen molar-refractivity contribution in [1.29, 1.82) is 5.26 Å². The summed E-state index contributed by atoms with van der Waals surface area (Å²) in [5, 5.41) is 20.4. The molecule has 1 aliphatic heterocycles. The molecule has 1 aromatic heterocycles. The largest absolute Gasteiger partial charge is 0.492 e. The van der Waals surface area contributed by atoms with Gasteiger partial charge in [-0.1, -0.05) is 0 Å². The van der Waals surface area contributed by atoms with Crippen LogP contribution in [0.3, 0.4) is 0 Å². The molecule has 6 nitrogen and oxygen atoms in total. The fourth-order valence-corrected chi connectivity index (χ4v) is 2.93. The van der Waals surface area contributed by atoms with E-state index >= 15 is 0 Å². The summed E-state index contributed by atoms with van der Waals surface area (Å²) in [6.45, 7) is 3.33. The number of aromatic nitrogens is 2. The zero-order chi connectivity index (χ0) is 16.6. The lowest BCUT2D eigenvalue weighted by Crippen LogP contribution is -2.39. The smallest absolute Gasteiger partial charge is 0.151 e. The van der Waals surface area contributed by atoms with Gasteiger partial charge in [0.15, 0.2) is 5.82 Å². The summed E-state index contributed by atoms with van der Waals surface area (Å²) in [6.07, 6.45) is 4.05. The molecule has 1 aromatic carbocycles. The number of hydrogen-bond acceptors (Lipinski definition) is 6. The molecule has 0 spiro atoms. The lowest BCUT2D eigenvalue weighted by molar-refractivity contribution is 0.312. The molecule has 124 valence electrons. The summed E-state index contributed by atoms with van der Waals surface area (Å²) in [4.78, 5) is 2.32. The number of benzene rings is 1. The van der Waals surface area contributed by atoms with Gasteiger partial charge in [-0.05, 0) is 49.2 Å². The zero-order valence-corrected chi connectivity index (χ0v) is 13.6. The lowest BCUT2D eigenvalue weighted by atomic mass is 10.2.